The molecule has 5 nitrogen and oxygen atoms in total. The molecule has 1 N–H and O–H groups in total. The second-order valence-corrected chi connectivity index (χ2v) is 11.5. The fraction of sp³-hybridized carbons (Fsp3) is 0.444. The minimum absolute atomic E-state index is 0.0672. The van der Waals surface area contributed by atoms with Gasteiger partial charge in [0.15, 0.2) is 11.6 Å². The molecule has 0 spiro atoms. The predicted molar refractivity (Wildman–Crippen MR) is 136 cm³/mol. The molecule has 1 unspecified atom stereocenters. The van der Waals surface area contributed by atoms with Gasteiger partial charge in [0.2, 0.25) is 0 Å². The quantitative estimate of drug-likeness (QED) is 0.458. The Bertz CT molecular complexity index is 1270. The number of aromatic nitrogens is 2. The third-order valence-electron chi connectivity index (χ3n) is 7.03. The van der Waals surface area contributed by atoms with Gasteiger partial charge >= 0.3 is 0 Å². The largest absolute Gasteiger partial charge is 0.481 e. The summed E-state index contributed by atoms with van der Waals surface area (Å²) in [5.74, 6) is 0.514. The summed E-state index contributed by atoms with van der Waals surface area (Å²) in [5, 5.41) is 11.2. The monoisotopic (exact) mass is 517 g/mol. The number of halogens is 3. The van der Waals surface area contributed by atoms with Crippen molar-refractivity contribution in [3.05, 3.63) is 75.0 Å². The fourth-order valence-corrected chi connectivity index (χ4v) is 5.70. The number of fused-ring (bicyclic) bond motifs is 1. The number of hydrogen-bond acceptors (Lipinski definition) is 4. The van der Waals surface area contributed by atoms with Gasteiger partial charge in [0.1, 0.15) is 11.9 Å². The van der Waals surface area contributed by atoms with E-state index >= 15 is 4.39 Å². The van der Waals surface area contributed by atoms with Gasteiger partial charge in [0.05, 0.1) is 17.8 Å². The van der Waals surface area contributed by atoms with Gasteiger partial charge < -0.3 is 14.4 Å². The van der Waals surface area contributed by atoms with E-state index in [1.54, 1.807) is 12.1 Å². The number of nitrogens with zero attached hydrogens (tertiary/aromatic N) is 3. The van der Waals surface area contributed by atoms with Crippen LogP contribution in [0.25, 0.3) is 5.69 Å². The number of aliphatic hydroxyl groups is 1. The lowest BCUT2D eigenvalue weighted by atomic mass is 9.93. The van der Waals surface area contributed by atoms with Gasteiger partial charge in [-0.25, -0.2) is 9.37 Å². The van der Waals surface area contributed by atoms with Crippen molar-refractivity contribution in [2.24, 2.45) is 0 Å². The molecular weight excluding hydrogens is 488 g/mol. The predicted octanol–water partition coefficient (Wildman–Crippen LogP) is 6.04. The fourth-order valence-electron chi connectivity index (χ4n) is 5.12. The van der Waals surface area contributed by atoms with E-state index in [2.05, 4.69) is 30.7 Å². The van der Waals surface area contributed by atoms with Crippen molar-refractivity contribution in [2.75, 3.05) is 13.1 Å². The highest BCUT2D eigenvalue weighted by Crippen LogP contribution is 2.44. The average molecular weight is 518 g/mol. The molecule has 2 aromatic carbocycles. The molecule has 0 saturated carbocycles. The zero-order chi connectivity index (χ0) is 25.1. The Morgan fingerprint density at radius 1 is 1.17 bits per heavy atom. The van der Waals surface area contributed by atoms with Crippen LogP contribution < -0.4 is 4.74 Å². The molecule has 1 saturated heterocycles. The van der Waals surface area contributed by atoms with Crippen molar-refractivity contribution in [3.8, 4) is 11.4 Å². The molecule has 1 aromatic heterocycles. The molecule has 3 atom stereocenters. The number of likely N-dealkylation sites (tertiary alicyclic amines) is 1. The number of aliphatic hydroxyl groups excluding tert-OH is 1. The smallest absolute Gasteiger partial charge is 0.167 e. The van der Waals surface area contributed by atoms with Crippen LogP contribution >= 0.6 is 23.2 Å². The number of ether oxygens (including phenoxy) is 1. The summed E-state index contributed by atoms with van der Waals surface area (Å²) >= 11 is 12.8. The van der Waals surface area contributed by atoms with Crippen molar-refractivity contribution in [1.82, 2.24) is 14.5 Å². The molecule has 0 radical (unpaired) electrons. The lowest BCUT2D eigenvalue weighted by Crippen LogP contribution is -2.39. The first-order chi connectivity index (χ1) is 16.5. The number of β-amino-alcohol motifs (C(OH)–C–C–N with tert-alkyl or cyclic N) is 1. The number of hydrogen-bond donors (Lipinski definition) is 1. The molecule has 2 aliphatic rings. The van der Waals surface area contributed by atoms with Gasteiger partial charge in [-0.15, -0.1) is 0 Å². The summed E-state index contributed by atoms with van der Waals surface area (Å²) in [4.78, 5) is 6.86. The average Bonchev–Trinajstić information content (AvgIpc) is 3.46. The second kappa shape index (κ2) is 9.07. The summed E-state index contributed by atoms with van der Waals surface area (Å²) in [6.45, 7) is 9.53. The maximum Gasteiger partial charge on any atom is 0.167 e. The Morgan fingerprint density at radius 2 is 1.94 bits per heavy atom. The van der Waals surface area contributed by atoms with Crippen LogP contribution in [-0.2, 0) is 11.8 Å². The molecule has 0 bridgehead atoms. The summed E-state index contributed by atoms with van der Waals surface area (Å²) < 4.78 is 23.6. The van der Waals surface area contributed by atoms with Gasteiger partial charge in [0.25, 0.3) is 0 Å². The van der Waals surface area contributed by atoms with Gasteiger partial charge in [0, 0.05) is 52.1 Å². The standard InChI is InChI=1S/C27H30Cl2FN3O2/c1-15-31-25(27(2,3)4)14-33(15)17-5-6-24(22(30)11-17)35-26-20-9-16(28)10-21(29)19(20)12-23(26)32-8-7-18(34)13-32/h5-6,9-11,14,18,23,26,34H,7-8,12-13H2,1-4H3/t18?,23-,26-/m0/s1. The van der Waals surface area contributed by atoms with Crippen LogP contribution in [0.2, 0.25) is 10.0 Å². The second-order valence-electron chi connectivity index (χ2n) is 10.6. The van der Waals surface area contributed by atoms with Crippen LogP contribution in [0.3, 0.4) is 0 Å². The molecule has 186 valence electrons. The normalized spacial score (nSPS) is 22.6. The van der Waals surface area contributed by atoms with Crippen LogP contribution in [0.1, 0.15) is 55.9 Å². The van der Waals surface area contributed by atoms with Crippen molar-refractivity contribution < 1.29 is 14.2 Å². The molecule has 35 heavy (non-hydrogen) atoms. The Balaban J connectivity index is 1.47. The lowest BCUT2D eigenvalue weighted by Gasteiger charge is -2.30. The maximum atomic E-state index is 15.4. The minimum atomic E-state index is -0.450. The summed E-state index contributed by atoms with van der Waals surface area (Å²) in [7, 11) is 0. The first kappa shape index (κ1) is 24.6. The summed E-state index contributed by atoms with van der Waals surface area (Å²) in [6.07, 6.45) is 2.50. The molecule has 1 fully saturated rings. The van der Waals surface area contributed by atoms with Gasteiger partial charge in [-0.3, -0.25) is 4.90 Å². The molecule has 2 heterocycles. The van der Waals surface area contributed by atoms with Crippen LogP contribution in [-0.4, -0.2) is 44.8 Å². The molecular formula is C27H30Cl2FN3O2. The van der Waals surface area contributed by atoms with E-state index in [4.69, 9.17) is 27.9 Å². The Kier molecular flexibility index (Phi) is 6.37. The molecule has 0 amide bonds. The van der Waals surface area contributed by atoms with Crippen molar-refractivity contribution in [1.29, 1.82) is 0 Å². The van der Waals surface area contributed by atoms with E-state index in [0.717, 1.165) is 29.2 Å². The first-order valence-corrected chi connectivity index (χ1v) is 12.7. The van der Waals surface area contributed by atoms with Gasteiger partial charge in [-0.1, -0.05) is 44.0 Å². The maximum absolute atomic E-state index is 15.4. The van der Waals surface area contributed by atoms with Crippen molar-refractivity contribution in [2.45, 2.75) is 64.2 Å². The van der Waals surface area contributed by atoms with Crippen LogP contribution in [0.15, 0.2) is 36.5 Å². The van der Waals surface area contributed by atoms with E-state index in [0.29, 0.717) is 35.1 Å². The molecule has 3 aromatic rings. The third kappa shape index (κ3) is 4.69. The lowest BCUT2D eigenvalue weighted by molar-refractivity contribution is 0.0790. The van der Waals surface area contributed by atoms with E-state index < -0.39 is 11.9 Å². The number of benzene rings is 2. The van der Waals surface area contributed by atoms with Crippen molar-refractivity contribution in [3.63, 3.8) is 0 Å². The molecule has 8 heteroatoms. The zero-order valence-corrected chi connectivity index (χ0v) is 21.9. The minimum Gasteiger partial charge on any atom is -0.481 e. The van der Waals surface area contributed by atoms with Gasteiger partial charge in [-0.2, -0.15) is 0 Å². The van der Waals surface area contributed by atoms with E-state index in [9.17, 15) is 5.11 Å². The topological polar surface area (TPSA) is 50.5 Å². The van der Waals surface area contributed by atoms with Gasteiger partial charge in [-0.05, 0) is 49.6 Å². The highest BCUT2D eigenvalue weighted by molar-refractivity contribution is 6.35. The van der Waals surface area contributed by atoms with Crippen LogP contribution in [0, 0.1) is 12.7 Å². The van der Waals surface area contributed by atoms with Crippen molar-refractivity contribution >= 4 is 23.2 Å². The number of aryl methyl sites for hydroxylation is 1. The number of rotatable bonds is 4. The Hall–Kier alpha value is -2.12. The first-order valence-electron chi connectivity index (χ1n) is 11.9. The van der Waals surface area contributed by atoms with Crippen LogP contribution in [0.4, 0.5) is 4.39 Å². The highest BCUT2D eigenvalue weighted by Gasteiger charge is 2.42. The van der Waals surface area contributed by atoms with E-state index in [-0.39, 0.29) is 23.3 Å². The Labute approximate surface area is 215 Å². The van der Waals surface area contributed by atoms with Crippen LogP contribution in [0.5, 0.6) is 5.75 Å². The summed E-state index contributed by atoms with van der Waals surface area (Å²) in [6, 6.07) is 8.51. The molecule has 5 rings (SSSR count). The zero-order valence-electron chi connectivity index (χ0n) is 20.4. The third-order valence-corrected chi connectivity index (χ3v) is 7.58. The number of imidazole rings is 1. The Morgan fingerprint density at radius 3 is 2.57 bits per heavy atom. The SMILES string of the molecule is Cc1nc(C(C)(C)C)cn1-c1ccc(O[C@H]2c3cc(Cl)cc(Cl)c3C[C@@H]2N2CCC(O)C2)c(F)c1. The molecule has 1 aliphatic carbocycles. The van der Waals surface area contributed by atoms with E-state index in [1.165, 1.54) is 6.07 Å². The van der Waals surface area contributed by atoms with E-state index in [1.807, 2.05) is 29.8 Å². The highest BCUT2D eigenvalue weighted by atomic mass is 35.5. The molecule has 1 aliphatic heterocycles. The summed E-state index contributed by atoms with van der Waals surface area (Å²) in [5.41, 5.74) is 3.37.